The molecule has 1 heterocycles. The van der Waals surface area contributed by atoms with E-state index in [1.165, 1.54) is 6.26 Å². The van der Waals surface area contributed by atoms with Gasteiger partial charge in [0, 0.05) is 17.0 Å². The first kappa shape index (κ1) is 15.9. The highest BCUT2D eigenvalue weighted by atomic mass is 16.6. The molecule has 0 amide bonds. The summed E-state index contributed by atoms with van der Waals surface area (Å²) >= 11 is 0. The molecule has 118 valence electrons. The van der Waals surface area contributed by atoms with E-state index in [1.54, 1.807) is 33.1 Å². The number of rotatable bonds is 6. The standard InChI is InChI=1S/C16H18O6/c1-10(2)22-16(18)9-21-15(17)6-11-8-20-14-7-12(19-3)4-5-13(11)14/h4-5,7-8,10H,6,9H2,1-3H3. The molecule has 0 spiro atoms. The zero-order valence-corrected chi connectivity index (χ0v) is 12.8. The summed E-state index contributed by atoms with van der Waals surface area (Å²) in [5.74, 6) is -0.406. The molecule has 0 saturated heterocycles. The molecule has 0 aliphatic rings. The van der Waals surface area contributed by atoms with E-state index in [0.29, 0.717) is 16.9 Å². The molecule has 0 aliphatic heterocycles. The topological polar surface area (TPSA) is 75.0 Å². The van der Waals surface area contributed by atoms with Gasteiger partial charge in [-0.2, -0.15) is 0 Å². The van der Waals surface area contributed by atoms with Crippen LogP contribution in [-0.2, 0) is 25.5 Å². The smallest absolute Gasteiger partial charge is 0.344 e. The summed E-state index contributed by atoms with van der Waals surface area (Å²) in [4.78, 5) is 23.1. The van der Waals surface area contributed by atoms with Crippen molar-refractivity contribution >= 4 is 22.9 Å². The molecule has 0 atom stereocenters. The number of furan rings is 1. The third-order valence-electron chi connectivity index (χ3n) is 2.92. The second-order valence-electron chi connectivity index (χ2n) is 5.00. The lowest BCUT2D eigenvalue weighted by Gasteiger charge is -2.08. The van der Waals surface area contributed by atoms with Crippen LogP contribution in [0.4, 0.5) is 0 Å². The zero-order valence-electron chi connectivity index (χ0n) is 12.8. The fraction of sp³-hybridized carbons (Fsp3) is 0.375. The van der Waals surface area contributed by atoms with Gasteiger partial charge in [0.25, 0.3) is 0 Å². The Balaban J connectivity index is 1.96. The highest BCUT2D eigenvalue weighted by molar-refractivity contribution is 5.87. The van der Waals surface area contributed by atoms with Crippen LogP contribution >= 0.6 is 0 Å². The van der Waals surface area contributed by atoms with Crippen molar-refractivity contribution in [3.63, 3.8) is 0 Å². The van der Waals surface area contributed by atoms with Crippen LogP contribution in [0.25, 0.3) is 11.0 Å². The quantitative estimate of drug-likeness (QED) is 0.763. The van der Waals surface area contributed by atoms with Crippen molar-refractivity contribution in [2.24, 2.45) is 0 Å². The second kappa shape index (κ2) is 6.98. The molecular weight excluding hydrogens is 288 g/mol. The van der Waals surface area contributed by atoms with Gasteiger partial charge in [0.2, 0.25) is 0 Å². The Bertz CT molecular complexity index is 670. The van der Waals surface area contributed by atoms with Crippen LogP contribution in [0.2, 0.25) is 0 Å². The monoisotopic (exact) mass is 306 g/mol. The summed E-state index contributed by atoms with van der Waals surface area (Å²) in [6.45, 7) is 3.07. The molecule has 0 aliphatic carbocycles. The van der Waals surface area contributed by atoms with Gasteiger partial charge in [-0.15, -0.1) is 0 Å². The molecule has 0 fully saturated rings. The average molecular weight is 306 g/mol. The lowest BCUT2D eigenvalue weighted by atomic mass is 10.1. The molecule has 2 rings (SSSR count). The zero-order chi connectivity index (χ0) is 16.1. The predicted octanol–water partition coefficient (Wildman–Crippen LogP) is 2.48. The van der Waals surface area contributed by atoms with E-state index in [0.717, 1.165) is 5.39 Å². The fourth-order valence-corrected chi connectivity index (χ4v) is 1.97. The molecule has 0 N–H and O–H groups in total. The molecule has 22 heavy (non-hydrogen) atoms. The second-order valence-corrected chi connectivity index (χ2v) is 5.00. The van der Waals surface area contributed by atoms with Gasteiger partial charge in [0.15, 0.2) is 6.61 Å². The molecule has 2 aromatic rings. The van der Waals surface area contributed by atoms with Crippen LogP contribution in [-0.4, -0.2) is 31.8 Å². The SMILES string of the molecule is COc1ccc2c(CC(=O)OCC(=O)OC(C)C)coc2c1. The summed E-state index contributed by atoms with van der Waals surface area (Å²) in [5.41, 5.74) is 1.32. The first-order valence-corrected chi connectivity index (χ1v) is 6.89. The Morgan fingerprint density at radius 1 is 1.23 bits per heavy atom. The Morgan fingerprint density at radius 3 is 2.68 bits per heavy atom. The minimum Gasteiger partial charge on any atom is -0.497 e. The fourth-order valence-electron chi connectivity index (χ4n) is 1.97. The highest BCUT2D eigenvalue weighted by Gasteiger charge is 2.14. The molecule has 1 aromatic carbocycles. The molecule has 0 unspecified atom stereocenters. The molecule has 6 heteroatoms. The van der Waals surface area contributed by atoms with Gasteiger partial charge in [0.1, 0.15) is 11.3 Å². The lowest BCUT2D eigenvalue weighted by molar-refractivity contribution is -0.160. The predicted molar refractivity (Wildman–Crippen MR) is 78.7 cm³/mol. The molecule has 0 saturated carbocycles. The van der Waals surface area contributed by atoms with E-state index in [-0.39, 0.29) is 19.1 Å². The van der Waals surface area contributed by atoms with Gasteiger partial charge in [-0.1, -0.05) is 0 Å². The van der Waals surface area contributed by atoms with Crippen molar-refractivity contribution in [2.75, 3.05) is 13.7 Å². The van der Waals surface area contributed by atoms with Crippen LogP contribution in [0.1, 0.15) is 19.4 Å². The number of fused-ring (bicyclic) bond motifs is 1. The van der Waals surface area contributed by atoms with Crippen LogP contribution in [0.15, 0.2) is 28.9 Å². The molecule has 1 aromatic heterocycles. The first-order valence-electron chi connectivity index (χ1n) is 6.89. The number of methoxy groups -OCH3 is 1. The van der Waals surface area contributed by atoms with Gasteiger partial charge < -0.3 is 18.6 Å². The van der Waals surface area contributed by atoms with Crippen molar-refractivity contribution in [3.05, 3.63) is 30.0 Å². The van der Waals surface area contributed by atoms with Crippen LogP contribution in [0.5, 0.6) is 5.75 Å². The van der Waals surface area contributed by atoms with Crippen molar-refractivity contribution in [1.29, 1.82) is 0 Å². The third kappa shape index (κ3) is 4.00. The maximum atomic E-state index is 11.8. The number of carbonyl (C=O) groups is 2. The minimum absolute atomic E-state index is 0.0221. The number of esters is 2. The van der Waals surface area contributed by atoms with Crippen molar-refractivity contribution in [3.8, 4) is 5.75 Å². The van der Waals surface area contributed by atoms with Crippen molar-refractivity contribution in [2.45, 2.75) is 26.4 Å². The van der Waals surface area contributed by atoms with E-state index in [2.05, 4.69) is 0 Å². The van der Waals surface area contributed by atoms with E-state index in [1.807, 2.05) is 6.07 Å². The van der Waals surface area contributed by atoms with E-state index in [4.69, 9.17) is 18.6 Å². The minimum atomic E-state index is -0.565. The molecular formula is C16H18O6. The number of carbonyl (C=O) groups excluding carboxylic acids is 2. The Morgan fingerprint density at radius 2 is 2.00 bits per heavy atom. The summed E-state index contributed by atoms with van der Waals surface area (Å²) in [5, 5.41) is 0.808. The third-order valence-corrected chi connectivity index (χ3v) is 2.92. The van der Waals surface area contributed by atoms with Crippen LogP contribution in [0.3, 0.4) is 0 Å². The van der Waals surface area contributed by atoms with Crippen LogP contribution in [0, 0.1) is 0 Å². The summed E-state index contributed by atoms with van der Waals surface area (Å²) < 4.78 is 20.3. The van der Waals surface area contributed by atoms with Crippen LogP contribution < -0.4 is 4.74 Å². The van der Waals surface area contributed by atoms with Gasteiger partial charge in [-0.3, -0.25) is 4.79 Å². The Hall–Kier alpha value is -2.50. The first-order chi connectivity index (χ1) is 10.5. The molecule has 6 nitrogen and oxygen atoms in total. The number of ether oxygens (including phenoxy) is 3. The van der Waals surface area contributed by atoms with E-state index < -0.39 is 11.9 Å². The Kier molecular flexibility index (Phi) is 5.04. The van der Waals surface area contributed by atoms with Gasteiger partial charge >= 0.3 is 11.9 Å². The maximum absolute atomic E-state index is 11.8. The summed E-state index contributed by atoms with van der Waals surface area (Å²) in [6.07, 6.45) is 1.28. The lowest BCUT2D eigenvalue weighted by Crippen LogP contribution is -2.20. The van der Waals surface area contributed by atoms with Crippen molar-refractivity contribution in [1.82, 2.24) is 0 Å². The van der Waals surface area contributed by atoms with E-state index in [9.17, 15) is 9.59 Å². The average Bonchev–Trinajstić information content (AvgIpc) is 2.86. The normalized spacial score (nSPS) is 10.7. The number of benzene rings is 1. The highest BCUT2D eigenvalue weighted by Crippen LogP contribution is 2.25. The van der Waals surface area contributed by atoms with E-state index >= 15 is 0 Å². The van der Waals surface area contributed by atoms with Crippen molar-refractivity contribution < 1.29 is 28.2 Å². The number of hydrogen-bond donors (Lipinski definition) is 0. The van der Waals surface area contributed by atoms with Gasteiger partial charge in [0.05, 0.1) is 25.9 Å². The Labute approximate surface area is 127 Å². The largest absolute Gasteiger partial charge is 0.497 e. The maximum Gasteiger partial charge on any atom is 0.344 e. The number of hydrogen-bond acceptors (Lipinski definition) is 6. The summed E-state index contributed by atoms with van der Waals surface area (Å²) in [7, 11) is 1.57. The molecule has 0 radical (unpaired) electrons. The van der Waals surface area contributed by atoms with Gasteiger partial charge in [-0.25, -0.2) is 4.79 Å². The summed E-state index contributed by atoms with van der Waals surface area (Å²) in [6, 6.07) is 5.34. The van der Waals surface area contributed by atoms with Gasteiger partial charge in [-0.05, 0) is 26.0 Å². The molecule has 0 bridgehead atoms.